The number of benzene rings is 2. The van der Waals surface area contributed by atoms with Crippen molar-refractivity contribution in [2.75, 3.05) is 0 Å². The molecule has 27 heavy (non-hydrogen) atoms. The second-order valence-electron chi connectivity index (χ2n) is 6.06. The lowest BCUT2D eigenvalue weighted by Gasteiger charge is -2.06. The molecule has 0 saturated carbocycles. The molecule has 0 atom stereocenters. The van der Waals surface area contributed by atoms with Crippen molar-refractivity contribution in [2.45, 2.75) is 25.3 Å². The van der Waals surface area contributed by atoms with Gasteiger partial charge in [0.15, 0.2) is 0 Å². The van der Waals surface area contributed by atoms with E-state index in [-0.39, 0.29) is 4.90 Å². The Kier molecular flexibility index (Phi) is 4.49. The van der Waals surface area contributed by atoms with Crippen LogP contribution in [-0.2, 0) is 16.6 Å². The number of hydrogen-bond acceptors (Lipinski definition) is 4. The molecule has 0 aliphatic carbocycles. The molecule has 0 spiro atoms. The van der Waals surface area contributed by atoms with Crippen LogP contribution in [0.5, 0.6) is 0 Å². The standard InChI is InChI=1S/C20H18N2O3S2/c1-3-22-17(19-14(2)25-18-12-8-7-11-16(18)19)13-26-20(22)21-27(23,24)15-9-5-4-6-10-15/h4-13H,3H2,1-2H3. The van der Waals surface area contributed by atoms with Gasteiger partial charge in [-0.2, -0.15) is 8.42 Å². The molecule has 0 bridgehead atoms. The highest BCUT2D eigenvalue weighted by atomic mass is 32.2. The normalized spacial score (nSPS) is 12.7. The summed E-state index contributed by atoms with van der Waals surface area (Å²) in [4.78, 5) is 0.633. The molecular weight excluding hydrogens is 380 g/mol. The quantitative estimate of drug-likeness (QED) is 0.505. The maximum atomic E-state index is 12.7. The summed E-state index contributed by atoms with van der Waals surface area (Å²) in [5.41, 5.74) is 2.70. The summed E-state index contributed by atoms with van der Waals surface area (Å²) < 4.78 is 37.2. The molecule has 4 rings (SSSR count). The Balaban J connectivity index is 1.92. The van der Waals surface area contributed by atoms with Crippen LogP contribution in [0.2, 0.25) is 0 Å². The number of aryl methyl sites for hydroxylation is 1. The van der Waals surface area contributed by atoms with E-state index in [0.29, 0.717) is 11.3 Å². The van der Waals surface area contributed by atoms with Crippen LogP contribution in [-0.4, -0.2) is 13.0 Å². The first-order valence-corrected chi connectivity index (χ1v) is 10.9. The van der Waals surface area contributed by atoms with Crippen LogP contribution in [0.25, 0.3) is 22.2 Å². The molecule has 0 N–H and O–H groups in total. The smallest absolute Gasteiger partial charge is 0.285 e. The van der Waals surface area contributed by atoms with Crippen LogP contribution in [0.1, 0.15) is 12.7 Å². The third kappa shape index (κ3) is 3.13. The van der Waals surface area contributed by atoms with Crippen LogP contribution >= 0.6 is 11.3 Å². The Morgan fingerprint density at radius 3 is 2.52 bits per heavy atom. The number of para-hydroxylation sites is 1. The number of thiazole rings is 1. The van der Waals surface area contributed by atoms with Crippen molar-refractivity contribution in [1.29, 1.82) is 0 Å². The minimum Gasteiger partial charge on any atom is -0.461 e. The van der Waals surface area contributed by atoms with Gasteiger partial charge >= 0.3 is 0 Å². The van der Waals surface area contributed by atoms with Gasteiger partial charge in [0.2, 0.25) is 4.80 Å². The van der Waals surface area contributed by atoms with Crippen molar-refractivity contribution >= 4 is 32.3 Å². The Labute approximate surface area is 161 Å². The molecule has 0 aliphatic rings. The molecule has 0 saturated heterocycles. The van der Waals surface area contributed by atoms with E-state index < -0.39 is 10.0 Å². The van der Waals surface area contributed by atoms with E-state index in [1.54, 1.807) is 30.3 Å². The second-order valence-corrected chi connectivity index (χ2v) is 8.50. The van der Waals surface area contributed by atoms with Crippen LogP contribution in [0.15, 0.2) is 73.7 Å². The fourth-order valence-electron chi connectivity index (χ4n) is 3.14. The molecule has 0 radical (unpaired) electrons. The summed E-state index contributed by atoms with van der Waals surface area (Å²) in [6.45, 7) is 4.49. The van der Waals surface area contributed by atoms with Crippen LogP contribution in [0.3, 0.4) is 0 Å². The minimum atomic E-state index is -3.76. The Hall–Kier alpha value is -2.64. The molecule has 0 amide bonds. The lowest BCUT2D eigenvalue weighted by atomic mass is 10.1. The van der Waals surface area contributed by atoms with Crippen molar-refractivity contribution in [3.8, 4) is 11.3 Å². The molecule has 0 aliphatic heterocycles. The van der Waals surface area contributed by atoms with Gasteiger partial charge in [-0.15, -0.1) is 15.7 Å². The van der Waals surface area contributed by atoms with E-state index >= 15 is 0 Å². The number of nitrogens with zero attached hydrogens (tertiary/aromatic N) is 2. The monoisotopic (exact) mass is 398 g/mol. The largest absolute Gasteiger partial charge is 0.461 e. The maximum Gasteiger partial charge on any atom is 0.285 e. The number of rotatable bonds is 4. The van der Waals surface area contributed by atoms with Crippen molar-refractivity contribution in [3.63, 3.8) is 0 Å². The highest BCUT2D eigenvalue weighted by Crippen LogP contribution is 2.34. The first kappa shape index (κ1) is 17.8. The van der Waals surface area contributed by atoms with Gasteiger partial charge < -0.3 is 8.98 Å². The van der Waals surface area contributed by atoms with Crippen molar-refractivity contribution in [2.24, 2.45) is 4.40 Å². The average molecular weight is 399 g/mol. The van der Waals surface area contributed by atoms with Crippen molar-refractivity contribution in [3.05, 3.63) is 70.5 Å². The summed E-state index contributed by atoms with van der Waals surface area (Å²) in [7, 11) is -3.76. The molecule has 7 heteroatoms. The fraction of sp³-hybridized carbons (Fsp3) is 0.150. The highest BCUT2D eigenvalue weighted by Gasteiger charge is 2.18. The average Bonchev–Trinajstić information content (AvgIpc) is 3.21. The number of hydrogen-bond donors (Lipinski definition) is 0. The van der Waals surface area contributed by atoms with Gasteiger partial charge in [-0.3, -0.25) is 0 Å². The first-order chi connectivity index (χ1) is 13.0. The zero-order valence-corrected chi connectivity index (χ0v) is 16.5. The van der Waals surface area contributed by atoms with Crippen molar-refractivity contribution < 1.29 is 12.8 Å². The minimum absolute atomic E-state index is 0.188. The third-order valence-corrected chi connectivity index (χ3v) is 6.64. The van der Waals surface area contributed by atoms with E-state index in [1.165, 1.54) is 11.3 Å². The van der Waals surface area contributed by atoms with Gasteiger partial charge in [0.25, 0.3) is 10.0 Å². The van der Waals surface area contributed by atoms with Crippen LogP contribution in [0.4, 0.5) is 0 Å². The molecule has 2 heterocycles. The number of aromatic nitrogens is 1. The number of furan rings is 1. The number of fused-ring (bicyclic) bond motifs is 1. The summed E-state index contributed by atoms with van der Waals surface area (Å²) in [6, 6.07) is 16.1. The zero-order valence-electron chi connectivity index (χ0n) is 14.9. The van der Waals surface area contributed by atoms with Gasteiger partial charge in [-0.05, 0) is 32.0 Å². The van der Waals surface area contributed by atoms with E-state index in [4.69, 9.17) is 4.42 Å². The molecule has 138 valence electrons. The Morgan fingerprint density at radius 1 is 1.07 bits per heavy atom. The topological polar surface area (TPSA) is 64.6 Å². The van der Waals surface area contributed by atoms with Gasteiger partial charge in [-0.1, -0.05) is 36.4 Å². The van der Waals surface area contributed by atoms with Gasteiger partial charge in [0, 0.05) is 22.9 Å². The summed E-state index contributed by atoms with van der Waals surface area (Å²) in [6.07, 6.45) is 0. The molecular formula is C20H18N2O3S2. The third-order valence-electron chi connectivity index (χ3n) is 4.38. The fourth-order valence-corrected chi connectivity index (χ4v) is 5.34. The molecule has 2 aromatic carbocycles. The second kappa shape index (κ2) is 6.83. The molecule has 4 aromatic rings. The lowest BCUT2D eigenvalue weighted by molar-refractivity contribution is 0.579. The SMILES string of the molecule is CCn1c(-c2c(C)oc3ccccc23)csc1=NS(=O)(=O)c1ccccc1. The van der Waals surface area contributed by atoms with Crippen LogP contribution in [0, 0.1) is 6.92 Å². The van der Waals surface area contributed by atoms with Gasteiger partial charge in [0.1, 0.15) is 11.3 Å². The molecule has 5 nitrogen and oxygen atoms in total. The number of sulfonamides is 1. The predicted octanol–water partition coefficient (Wildman–Crippen LogP) is 4.58. The van der Waals surface area contributed by atoms with E-state index in [9.17, 15) is 8.42 Å². The highest BCUT2D eigenvalue weighted by molar-refractivity contribution is 7.90. The van der Waals surface area contributed by atoms with Gasteiger partial charge in [0.05, 0.1) is 10.6 Å². The first-order valence-electron chi connectivity index (χ1n) is 8.54. The maximum absolute atomic E-state index is 12.7. The molecule has 2 aromatic heterocycles. The Bertz CT molecular complexity index is 1280. The van der Waals surface area contributed by atoms with E-state index in [2.05, 4.69) is 4.40 Å². The van der Waals surface area contributed by atoms with E-state index in [1.807, 2.05) is 48.1 Å². The summed E-state index contributed by atoms with van der Waals surface area (Å²) in [5.74, 6) is 0.800. The van der Waals surface area contributed by atoms with E-state index in [0.717, 1.165) is 28.0 Å². The Morgan fingerprint density at radius 2 is 1.78 bits per heavy atom. The van der Waals surface area contributed by atoms with Crippen LogP contribution < -0.4 is 4.80 Å². The van der Waals surface area contributed by atoms with Crippen molar-refractivity contribution in [1.82, 2.24) is 4.57 Å². The molecule has 0 unspecified atom stereocenters. The lowest BCUT2D eigenvalue weighted by Crippen LogP contribution is -2.17. The summed E-state index contributed by atoms with van der Waals surface area (Å²) in [5, 5.41) is 2.94. The van der Waals surface area contributed by atoms with Gasteiger partial charge in [-0.25, -0.2) is 0 Å². The zero-order chi connectivity index (χ0) is 19.0. The molecule has 0 fully saturated rings. The predicted molar refractivity (Wildman–Crippen MR) is 107 cm³/mol. The summed E-state index contributed by atoms with van der Waals surface area (Å²) >= 11 is 1.31.